The monoisotopic (exact) mass is 425 g/mol. The predicted octanol–water partition coefficient (Wildman–Crippen LogP) is 5.32. The Kier molecular flexibility index (Phi) is 6.25. The Morgan fingerprint density at radius 3 is 2.92 bits per heavy atom. The highest BCUT2D eigenvalue weighted by molar-refractivity contribution is 9.10. The van der Waals surface area contributed by atoms with Gasteiger partial charge in [0.05, 0.1) is 18.2 Å². The molecule has 0 saturated carbocycles. The maximum absolute atomic E-state index is 13.6. The van der Waals surface area contributed by atoms with Gasteiger partial charge in [-0.2, -0.15) is 0 Å². The van der Waals surface area contributed by atoms with E-state index in [-0.39, 0.29) is 11.9 Å². The topological polar surface area (TPSA) is 30.5 Å². The van der Waals surface area contributed by atoms with E-state index in [2.05, 4.69) is 21.2 Å². The molecule has 0 spiro atoms. The summed E-state index contributed by atoms with van der Waals surface area (Å²) < 4.78 is 25.6. The maximum Gasteiger partial charge on any atom is 0.174 e. The van der Waals surface area contributed by atoms with Crippen LogP contribution in [0.5, 0.6) is 11.5 Å². The van der Waals surface area contributed by atoms with Crippen LogP contribution >= 0.6 is 27.7 Å². The molecule has 1 heterocycles. The van der Waals surface area contributed by atoms with Crippen molar-refractivity contribution >= 4 is 27.7 Å². The van der Waals surface area contributed by atoms with E-state index < -0.39 is 0 Å². The summed E-state index contributed by atoms with van der Waals surface area (Å²) in [7, 11) is 1.63. The van der Waals surface area contributed by atoms with Crippen LogP contribution in [-0.2, 0) is 6.54 Å². The average Bonchev–Trinajstić information content (AvgIpc) is 2.60. The quantitative estimate of drug-likeness (QED) is 0.677. The summed E-state index contributed by atoms with van der Waals surface area (Å²) in [5.74, 6) is 2.28. The summed E-state index contributed by atoms with van der Waals surface area (Å²) in [6, 6.07) is 9.23. The summed E-state index contributed by atoms with van der Waals surface area (Å²) in [6.07, 6.45) is 0.983. The third kappa shape index (κ3) is 4.30. The van der Waals surface area contributed by atoms with Gasteiger partial charge in [0, 0.05) is 17.5 Å². The van der Waals surface area contributed by atoms with Crippen molar-refractivity contribution in [3.63, 3.8) is 0 Å². The van der Waals surface area contributed by atoms with Crippen LogP contribution in [-0.4, -0.2) is 19.5 Å². The van der Waals surface area contributed by atoms with E-state index in [1.54, 1.807) is 24.9 Å². The molecule has 1 atom stereocenters. The van der Waals surface area contributed by atoms with Crippen molar-refractivity contribution in [2.24, 2.45) is 0 Å². The Labute approximate surface area is 160 Å². The highest BCUT2D eigenvalue weighted by Gasteiger charge is 2.21. The van der Waals surface area contributed by atoms with E-state index in [1.807, 2.05) is 25.1 Å². The first kappa shape index (κ1) is 18.5. The molecule has 1 N–H and O–H groups in total. The Hall–Kier alpha value is -1.24. The lowest BCUT2D eigenvalue weighted by molar-refractivity contribution is 0.309. The number of benzene rings is 2. The zero-order valence-corrected chi connectivity index (χ0v) is 16.7. The SMILES string of the molecule is CCOc1cc(CNC2CCSc3ccc(F)cc32)cc(Br)c1OC. The van der Waals surface area contributed by atoms with Gasteiger partial charge in [0.15, 0.2) is 11.5 Å². The third-order valence-electron chi connectivity index (χ3n) is 4.14. The lowest BCUT2D eigenvalue weighted by atomic mass is 10.0. The lowest BCUT2D eigenvalue weighted by Gasteiger charge is -2.26. The molecule has 1 aliphatic heterocycles. The number of hydrogen-bond acceptors (Lipinski definition) is 4. The molecule has 6 heteroatoms. The van der Waals surface area contributed by atoms with Crippen molar-refractivity contribution in [2.75, 3.05) is 19.5 Å². The van der Waals surface area contributed by atoms with E-state index in [0.29, 0.717) is 18.9 Å². The number of halogens is 2. The van der Waals surface area contributed by atoms with Gasteiger partial charge in [0.25, 0.3) is 0 Å². The molecule has 0 bridgehead atoms. The molecule has 2 aromatic rings. The molecule has 1 unspecified atom stereocenters. The number of thioether (sulfide) groups is 1. The van der Waals surface area contributed by atoms with Crippen molar-refractivity contribution in [1.29, 1.82) is 0 Å². The van der Waals surface area contributed by atoms with Crippen LogP contribution in [0.1, 0.15) is 30.5 Å². The highest BCUT2D eigenvalue weighted by Crippen LogP contribution is 2.38. The molecule has 0 aromatic heterocycles. The van der Waals surface area contributed by atoms with Gasteiger partial charge in [-0.15, -0.1) is 11.8 Å². The van der Waals surface area contributed by atoms with Crippen molar-refractivity contribution in [2.45, 2.75) is 30.8 Å². The van der Waals surface area contributed by atoms with Crippen LogP contribution in [0.4, 0.5) is 4.39 Å². The molecule has 3 rings (SSSR count). The molecule has 0 aliphatic carbocycles. The third-order valence-corrected chi connectivity index (χ3v) is 5.85. The normalized spacial score (nSPS) is 16.4. The number of fused-ring (bicyclic) bond motifs is 1. The molecule has 2 aromatic carbocycles. The summed E-state index contributed by atoms with van der Waals surface area (Å²) in [5.41, 5.74) is 2.14. The largest absolute Gasteiger partial charge is 0.492 e. The average molecular weight is 426 g/mol. The molecule has 3 nitrogen and oxygen atoms in total. The lowest BCUT2D eigenvalue weighted by Crippen LogP contribution is -2.24. The standard InChI is InChI=1S/C19H21BrFNO2S/c1-3-24-17-9-12(8-15(20)19(17)23-2)11-22-16-6-7-25-18-5-4-13(21)10-14(16)18/h4-5,8-10,16,22H,3,6-7,11H2,1-2H3. The van der Waals surface area contributed by atoms with Crippen molar-refractivity contribution in [1.82, 2.24) is 5.32 Å². The Morgan fingerprint density at radius 1 is 1.32 bits per heavy atom. The van der Waals surface area contributed by atoms with Crippen molar-refractivity contribution in [3.8, 4) is 11.5 Å². The van der Waals surface area contributed by atoms with E-state index in [9.17, 15) is 4.39 Å². The number of ether oxygens (including phenoxy) is 2. The van der Waals surface area contributed by atoms with Crippen LogP contribution in [0.15, 0.2) is 39.7 Å². The first-order chi connectivity index (χ1) is 12.1. The van der Waals surface area contributed by atoms with E-state index in [4.69, 9.17) is 9.47 Å². The summed E-state index contributed by atoms with van der Waals surface area (Å²) in [4.78, 5) is 1.16. The minimum atomic E-state index is -0.182. The zero-order chi connectivity index (χ0) is 17.8. The Bertz CT molecular complexity index is 756. The van der Waals surface area contributed by atoms with Gasteiger partial charge in [0.1, 0.15) is 5.82 Å². The molecule has 134 valence electrons. The second-order valence-electron chi connectivity index (χ2n) is 5.79. The van der Waals surface area contributed by atoms with Crippen molar-refractivity contribution in [3.05, 3.63) is 51.7 Å². The van der Waals surface area contributed by atoms with Crippen LogP contribution in [0, 0.1) is 5.82 Å². The van der Waals surface area contributed by atoms with Crippen LogP contribution in [0.25, 0.3) is 0 Å². The first-order valence-corrected chi connectivity index (χ1v) is 10.0. The van der Waals surface area contributed by atoms with Crippen molar-refractivity contribution < 1.29 is 13.9 Å². The van der Waals surface area contributed by atoms with E-state index >= 15 is 0 Å². The molecule has 25 heavy (non-hydrogen) atoms. The second kappa shape index (κ2) is 8.43. The van der Waals surface area contributed by atoms with Gasteiger partial charge in [-0.1, -0.05) is 0 Å². The van der Waals surface area contributed by atoms with Gasteiger partial charge in [0.2, 0.25) is 0 Å². The second-order valence-corrected chi connectivity index (χ2v) is 7.79. The number of hydrogen-bond donors (Lipinski definition) is 1. The van der Waals surface area contributed by atoms with Crippen LogP contribution in [0.2, 0.25) is 0 Å². The smallest absolute Gasteiger partial charge is 0.174 e. The highest BCUT2D eigenvalue weighted by atomic mass is 79.9. The minimum Gasteiger partial charge on any atom is -0.492 e. The molecule has 0 radical (unpaired) electrons. The fourth-order valence-electron chi connectivity index (χ4n) is 3.00. The Morgan fingerprint density at radius 2 is 2.16 bits per heavy atom. The van der Waals surface area contributed by atoms with Gasteiger partial charge < -0.3 is 14.8 Å². The molecular formula is C19H21BrFNO2S. The molecule has 0 amide bonds. The fourth-order valence-corrected chi connectivity index (χ4v) is 4.76. The fraction of sp³-hybridized carbons (Fsp3) is 0.368. The molecular weight excluding hydrogens is 405 g/mol. The minimum absolute atomic E-state index is 0.156. The molecule has 0 fully saturated rings. The maximum atomic E-state index is 13.6. The zero-order valence-electron chi connectivity index (χ0n) is 14.3. The summed E-state index contributed by atoms with van der Waals surface area (Å²) >= 11 is 5.33. The first-order valence-electron chi connectivity index (χ1n) is 8.27. The predicted molar refractivity (Wildman–Crippen MR) is 103 cm³/mol. The van der Waals surface area contributed by atoms with Gasteiger partial charge >= 0.3 is 0 Å². The van der Waals surface area contributed by atoms with Gasteiger partial charge in [-0.3, -0.25) is 0 Å². The number of methoxy groups -OCH3 is 1. The van der Waals surface area contributed by atoms with Gasteiger partial charge in [-0.25, -0.2) is 4.39 Å². The number of nitrogens with one attached hydrogen (secondary N) is 1. The molecule has 1 aliphatic rings. The van der Waals surface area contributed by atoms with E-state index in [1.165, 1.54) is 6.07 Å². The van der Waals surface area contributed by atoms with Crippen LogP contribution < -0.4 is 14.8 Å². The van der Waals surface area contributed by atoms with E-state index in [0.717, 1.165) is 38.4 Å². The van der Waals surface area contributed by atoms with Crippen LogP contribution in [0.3, 0.4) is 0 Å². The summed E-state index contributed by atoms with van der Waals surface area (Å²) in [5, 5.41) is 3.56. The Balaban J connectivity index is 1.78. The van der Waals surface area contributed by atoms with Gasteiger partial charge in [-0.05, 0) is 76.5 Å². The molecule has 0 saturated heterocycles. The summed E-state index contributed by atoms with van der Waals surface area (Å²) in [6.45, 7) is 3.20. The number of rotatable bonds is 6.